The lowest BCUT2D eigenvalue weighted by molar-refractivity contribution is -0.119. The number of hydrogen-bond acceptors (Lipinski definition) is 3. The van der Waals surface area contributed by atoms with E-state index in [-0.39, 0.29) is 5.91 Å². The average molecular weight is 414 g/mol. The Bertz CT molecular complexity index is 1220. The number of carbonyl (C=O) groups excluding carboxylic acids is 1. The standard InChI is InChI=1S/C27H27NO3/c1-3-30-26-14-12-20-8-4-6-10-22(20)24(26)18-25-23-11-7-5-9-21(23)13-15-27(25)31-17-16-28-19(2)29/h4-15H,3,16-18H2,1-2H3,(H,28,29). The van der Waals surface area contributed by atoms with Gasteiger partial charge >= 0.3 is 0 Å². The zero-order chi connectivity index (χ0) is 21.6. The minimum atomic E-state index is -0.0561. The zero-order valence-electron chi connectivity index (χ0n) is 18.0. The molecular weight excluding hydrogens is 386 g/mol. The molecule has 0 unspecified atom stereocenters. The Hall–Kier alpha value is -3.53. The molecule has 0 heterocycles. The molecule has 0 aliphatic rings. The molecule has 1 amide bonds. The van der Waals surface area contributed by atoms with Gasteiger partial charge in [0.1, 0.15) is 18.1 Å². The minimum absolute atomic E-state index is 0.0561. The molecule has 4 aromatic carbocycles. The van der Waals surface area contributed by atoms with Gasteiger partial charge in [-0.3, -0.25) is 4.79 Å². The highest BCUT2D eigenvalue weighted by Gasteiger charge is 2.15. The predicted molar refractivity (Wildman–Crippen MR) is 126 cm³/mol. The maximum absolute atomic E-state index is 11.2. The van der Waals surface area contributed by atoms with Crippen molar-refractivity contribution in [1.29, 1.82) is 0 Å². The lowest BCUT2D eigenvalue weighted by atomic mass is 9.93. The van der Waals surface area contributed by atoms with Crippen molar-refractivity contribution in [1.82, 2.24) is 5.32 Å². The van der Waals surface area contributed by atoms with Crippen molar-refractivity contribution in [3.05, 3.63) is 83.9 Å². The Morgan fingerprint density at radius 2 is 1.32 bits per heavy atom. The second-order valence-corrected chi connectivity index (χ2v) is 7.47. The maximum Gasteiger partial charge on any atom is 0.216 e. The summed E-state index contributed by atoms with van der Waals surface area (Å²) in [7, 11) is 0. The van der Waals surface area contributed by atoms with Crippen LogP contribution in [0.25, 0.3) is 21.5 Å². The van der Waals surface area contributed by atoms with Crippen LogP contribution in [-0.2, 0) is 11.2 Å². The highest BCUT2D eigenvalue weighted by molar-refractivity contribution is 5.91. The highest BCUT2D eigenvalue weighted by atomic mass is 16.5. The average Bonchev–Trinajstić information content (AvgIpc) is 2.79. The molecule has 0 aromatic heterocycles. The molecule has 0 aliphatic heterocycles. The SMILES string of the molecule is CCOc1ccc2ccccc2c1Cc1c(OCCNC(C)=O)ccc2ccccc12. The number of hydrogen-bond donors (Lipinski definition) is 1. The van der Waals surface area contributed by atoms with Crippen LogP contribution in [0.1, 0.15) is 25.0 Å². The van der Waals surface area contributed by atoms with Crippen LogP contribution in [-0.4, -0.2) is 25.7 Å². The molecule has 31 heavy (non-hydrogen) atoms. The van der Waals surface area contributed by atoms with Gasteiger partial charge < -0.3 is 14.8 Å². The smallest absolute Gasteiger partial charge is 0.216 e. The predicted octanol–water partition coefficient (Wildman–Crippen LogP) is 5.50. The van der Waals surface area contributed by atoms with Gasteiger partial charge in [0.25, 0.3) is 0 Å². The fourth-order valence-electron chi connectivity index (χ4n) is 3.99. The Labute approximate surface area is 182 Å². The topological polar surface area (TPSA) is 47.6 Å². The molecule has 0 saturated heterocycles. The summed E-state index contributed by atoms with van der Waals surface area (Å²) in [5.41, 5.74) is 2.28. The number of ether oxygens (including phenoxy) is 2. The largest absolute Gasteiger partial charge is 0.494 e. The summed E-state index contributed by atoms with van der Waals surface area (Å²) in [4.78, 5) is 11.2. The molecule has 1 N–H and O–H groups in total. The zero-order valence-corrected chi connectivity index (χ0v) is 18.0. The van der Waals surface area contributed by atoms with Gasteiger partial charge in [0.15, 0.2) is 0 Å². The van der Waals surface area contributed by atoms with Gasteiger partial charge in [-0.2, -0.15) is 0 Å². The lowest BCUT2D eigenvalue weighted by Crippen LogP contribution is -2.25. The molecule has 0 fully saturated rings. The third-order valence-electron chi connectivity index (χ3n) is 5.38. The van der Waals surface area contributed by atoms with Gasteiger partial charge in [0.05, 0.1) is 13.2 Å². The van der Waals surface area contributed by atoms with Crippen molar-refractivity contribution in [3.8, 4) is 11.5 Å². The first kappa shape index (κ1) is 20.7. The van der Waals surface area contributed by atoms with E-state index in [1.54, 1.807) is 0 Å². The molecule has 0 spiro atoms. The van der Waals surface area contributed by atoms with Crippen LogP contribution in [0.15, 0.2) is 72.8 Å². The molecule has 0 aliphatic carbocycles. The summed E-state index contributed by atoms with van der Waals surface area (Å²) >= 11 is 0. The Morgan fingerprint density at radius 1 is 0.774 bits per heavy atom. The third kappa shape index (κ3) is 4.64. The number of nitrogens with one attached hydrogen (secondary N) is 1. The molecule has 4 aromatic rings. The molecule has 4 nitrogen and oxygen atoms in total. The molecule has 0 atom stereocenters. The van der Waals surface area contributed by atoms with Crippen molar-refractivity contribution in [2.24, 2.45) is 0 Å². The van der Waals surface area contributed by atoms with Crippen molar-refractivity contribution in [3.63, 3.8) is 0 Å². The first-order chi connectivity index (χ1) is 15.2. The first-order valence-corrected chi connectivity index (χ1v) is 10.7. The first-order valence-electron chi connectivity index (χ1n) is 10.7. The van der Waals surface area contributed by atoms with Gasteiger partial charge in [0.2, 0.25) is 5.91 Å². The molecule has 0 bridgehead atoms. The van der Waals surface area contributed by atoms with Crippen LogP contribution >= 0.6 is 0 Å². The molecule has 4 heteroatoms. The number of amides is 1. The fraction of sp³-hybridized carbons (Fsp3) is 0.222. The van der Waals surface area contributed by atoms with Crippen LogP contribution in [0.5, 0.6) is 11.5 Å². The van der Waals surface area contributed by atoms with E-state index in [1.807, 2.05) is 19.1 Å². The van der Waals surface area contributed by atoms with Crippen LogP contribution in [0, 0.1) is 0 Å². The third-order valence-corrected chi connectivity index (χ3v) is 5.38. The second-order valence-electron chi connectivity index (χ2n) is 7.47. The summed E-state index contributed by atoms with van der Waals surface area (Å²) in [5, 5.41) is 7.50. The summed E-state index contributed by atoms with van der Waals surface area (Å²) in [6.45, 7) is 5.02. The van der Waals surface area contributed by atoms with Crippen LogP contribution in [0.3, 0.4) is 0 Å². The van der Waals surface area contributed by atoms with Crippen LogP contribution < -0.4 is 14.8 Å². The van der Waals surface area contributed by atoms with Crippen molar-refractivity contribution in [2.45, 2.75) is 20.3 Å². The second kappa shape index (κ2) is 9.52. The molecule has 158 valence electrons. The number of fused-ring (bicyclic) bond motifs is 2. The highest BCUT2D eigenvalue weighted by Crippen LogP contribution is 2.36. The minimum Gasteiger partial charge on any atom is -0.494 e. The summed E-state index contributed by atoms with van der Waals surface area (Å²) in [6.07, 6.45) is 0.688. The van der Waals surface area contributed by atoms with Gasteiger partial charge in [-0.25, -0.2) is 0 Å². The van der Waals surface area contributed by atoms with Crippen molar-refractivity contribution >= 4 is 27.5 Å². The Morgan fingerprint density at radius 3 is 1.87 bits per heavy atom. The molecule has 4 rings (SSSR count). The van der Waals surface area contributed by atoms with Gasteiger partial charge in [-0.05, 0) is 40.6 Å². The van der Waals surface area contributed by atoms with E-state index in [9.17, 15) is 4.79 Å². The fourth-order valence-corrected chi connectivity index (χ4v) is 3.99. The molecular formula is C27H27NO3. The number of rotatable bonds is 8. The van der Waals surface area contributed by atoms with E-state index >= 15 is 0 Å². The van der Waals surface area contributed by atoms with E-state index < -0.39 is 0 Å². The van der Waals surface area contributed by atoms with Crippen LogP contribution in [0.2, 0.25) is 0 Å². The maximum atomic E-state index is 11.2. The van der Waals surface area contributed by atoms with Gasteiger partial charge in [0, 0.05) is 24.5 Å². The number of benzene rings is 4. The van der Waals surface area contributed by atoms with E-state index in [0.717, 1.165) is 28.0 Å². The normalized spacial score (nSPS) is 10.9. The van der Waals surface area contributed by atoms with E-state index in [0.29, 0.717) is 26.2 Å². The van der Waals surface area contributed by atoms with Gasteiger partial charge in [-0.15, -0.1) is 0 Å². The van der Waals surface area contributed by atoms with E-state index in [1.165, 1.54) is 23.1 Å². The van der Waals surface area contributed by atoms with E-state index in [4.69, 9.17) is 9.47 Å². The van der Waals surface area contributed by atoms with Crippen molar-refractivity contribution < 1.29 is 14.3 Å². The van der Waals surface area contributed by atoms with Crippen molar-refractivity contribution in [2.75, 3.05) is 19.8 Å². The summed E-state index contributed by atoms with van der Waals surface area (Å²) in [5.74, 6) is 1.68. The van der Waals surface area contributed by atoms with Gasteiger partial charge in [-0.1, -0.05) is 60.7 Å². The number of carbonyl (C=O) groups is 1. The molecule has 0 saturated carbocycles. The quantitative estimate of drug-likeness (QED) is 0.388. The summed E-state index contributed by atoms with van der Waals surface area (Å²) < 4.78 is 12.1. The lowest BCUT2D eigenvalue weighted by Gasteiger charge is -2.18. The van der Waals surface area contributed by atoms with E-state index in [2.05, 4.69) is 66.0 Å². The Balaban J connectivity index is 1.79. The molecule has 0 radical (unpaired) electrons. The summed E-state index contributed by atoms with van der Waals surface area (Å²) in [6, 6.07) is 25.0. The Kier molecular flexibility index (Phi) is 6.37. The van der Waals surface area contributed by atoms with Crippen LogP contribution in [0.4, 0.5) is 0 Å². The monoisotopic (exact) mass is 413 g/mol.